The first-order chi connectivity index (χ1) is 18.6. The molecular weight excluding hydrogens is 535 g/mol. The van der Waals surface area contributed by atoms with Gasteiger partial charge in [-0.15, -0.1) is 0 Å². The van der Waals surface area contributed by atoms with Crippen molar-refractivity contribution in [3.63, 3.8) is 0 Å². The molecule has 39 heavy (non-hydrogen) atoms. The lowest BCUT2D eigenvalue weighted by molar-refractivity contribution is -0.0510. The third-order valence-electron chi connectivity index (χ3n) is 7.67. The average Bonchev–Trinajstić information content (AvgIpc) is 3.55. The molecule has 1 aromatic carbocycles. The number of fused-ring (bicyclic) bond motifs is 3. The molecule has 0 bridgehead atoms. The van der Waals surface area contributed by atoms with Gasteiger partial charge in [-0.3, -0.25) is 9.54 Å². The minimum absolute atomic E-state index is 0.616. The molecule has 12 heteroatoms. The van der Waals surface area contributed by atoms with Crippen LogP contribution >= 0.6 is 0 Å². The van der Waals surface area contributed by atoms with Crippen LogP contribution in [0.25, 0.3) is 10.9 Å². The Morgan fingerprint density at radius 1 is 1.08 bits per heavy atom. The molecule has 3 heterocycles. The van der Waals surface area contributed by atoms with E-state index in [1.54, 1.807) is 7.11 Å². The smallest absolute Gasteiger partial charge is 0.493 e. The molecule has 1 aromatic heterocycles. The van der Waals surface area contributed by atoms with Crippen molar-refractivity contribution in [1.29, 1.82) is 0 Å². The lowest BCUT2D eigenvalue weighted by atomic mass is 9.93. The zero-order chi connectivity index (χ0) is 28.0. The fourth-order valence-corrected chi connectivity index (χ4v) is 5.71. The second-order valence-electron chi connectivity index (χ2n) is 10.4. The number of hydrogen-bond acceptors (Lipinski definition) is 7. The van der Waals surface area contributed by atoms with Crippen LogP contribution < -0.4 is 14.8 Å². The number of anilines is 1. The van der Waals surface area contributed by atoms with E-state index in [1.165, 1.54) is 86.8 Å². The van der Waals surface area contributed by atoms with Gasteiger partial charge in [-0.05, 0) is 76.1 Å². The highest BCUT2D eigenvalue weighted by Gasteiger charge is 2.44. The summed E-state index contributed by atoms with van der Waals surface area (Å²) in [6, 6.07) is 4.27. The normalized spacial score (nSPS) is 18.7. The maximum atomic E-state index is 10.7. The minimum atomic E-state index is -5.84. The van der Waals surface area contributed by atoms with Crippen LogP contribution in [0.4, 0.5) is 18.9 Å². The lowest BCUT2D eigenvalue weighted by Gasteiger charge is -2.21. The largest absolute Gasteiger partial charge is 0.522 e. The fourth-order valence-electron chi connectivity index (χ4n) is 5.71. The number of methoxy groups -OCH3 is 1. The van der Waals surface area contributed by atoms with Crippen LogP contribution in [0, 0.1) is 0 Å². The highest BCUT2D eigenvalue weighted by atomic mass is 32.2. The van der Waals surface area contributed by atoms with Crippen LogP contribution in [0.1, 0.15) is 75.0 Å². The second kappa shape index (κ2) is 12.9. The number of rotatable bonds is 7. The van der Waals surface area contributed by atoms with Gasteiger partial charge in [-0.25, -0.2) is 0 Å². The molecule has 3 aliphatic rings. The molecule has 5 rings (SSSR count). The van der Waals surface area contributed by atoms with Crippen LogP contribution in [-0.4, -0.2) is 68.3 Å². The summed E-state index contributed by atoms with van der Waals surface area (Å²) < 4.78 is 69.5. The van der Waals surface area contributed by atoms with Gasteiger partial charge in [0, 0.05) is 41.8 Å². The van der Waals surface area contributed by atoms with Gasteiger partial charge in [0.2, 0.25) is 0 Å². The third-order valence-corrected chi connectivity index (χ3v) is 8.25. The lowest BCUT2D eigenvalue weighted by Crippen LogP contribution is -2.21. The number of nitrogens with zero attached hydrogens (tertiary/aromatic N) is 2. The maximum Gasteiger partial charge on any atom is 0.522 e. The molecule has 2 aliphatic heterocycles. The average molecular weight is 574 g/mol. The molecule has 0 radical (unpaired) electrons. The number of benzene rings is 1. The van der Waals surface area contributed by atoms with Crippen molar-refractivity contribution in [2.24, 2.45) is 0 Å². The molecule has 1 aliphatic carbocycles. The molecule has 0 amide bonds. The molecule has 0 spiro atoms. The highest BCUT2D eigenvalue weighted by molar-refractivity contribution is 7.86. The number of aromatic nitrogens is 1. The van der Waals surface area contributed by atoms with E-state index < -0.39 is 15.6 Å². The molecular formula is C27H38F3N3O5S. The maximum absolute atomic E-state index is 10.7. The van der Waals surface area contributed by atoms with Crippen LogP contribution in [0.2, 0.25) is 0 Å². The Bertz CT molecular complexity index is 1230. The summed E-state index contributed by atoms with van der Waals surface area (Å²) in [7, 11) is -4.10. The molecule has 8 nitrogen and oxygen atoms in total. The Morgan fingerprint density at radius 3 is 2.41 bits per heavy atom. The number of pyridine rings is 1. The van der Waals surface area contributed by atoms with E-state index >= 15 is 0 Å². The van der Waals surface area contributed by atoms with Crippen molar-refractivity contribution in [3.8, 4) is 11.5 Å². The SMILES string of the molecule is COc1cc2c3c(c(C4CCCC4)nc2cc1OCCCN1CCCC1)CCCCN3.O=S(=O)(O)C(F)(F)F. The van der Waals surface area contributed by atoms with Gasteiger partial charge >= 0.3 is 15.6 Å². The van der Waals surface area contributed by atoms with Crippen LogP contribution in [0.3, 0.4) is 0 Å². The number of nitrogens with one attached hydrogen (secondary N) is 1. The summed E-state index contributed by atoms with van der Waals surface area (Å²) in [5, 5.41) is 4.92. The Hall–Kier alpha value is -2.31. The Kier molecular flexibility index (Phi) is 9.82. The van der Waals surface area contributed by atoms with Crippen molar-refractivity contribution < 1.29 is 35.6 Å². The summed E-state index contributed by atoms with van der Waals surface area (Å²) in [6.07, 6.45) is 12.5. The van der Waals surface area contributed by atoms with Gasteiger partial charge in [0.15, 0.2) is 11.5 Å². The van der Waals surface area contributed by atoms with E-state index in [0.717, 1.165) is 49.6 Å². The van der Waals surface area contributed by atoms with E-state index in [9.17, 15) is 13.2 Å². The molecule has 2 aromatic rings. The zero-order valence-corrected chi connectivity index (χ0v) is 23.2. The van der Waals surface area contributed by atoms with E-state index in [0.29, 0.717) is 5.92 Å². The number of alkyl halides is 3. The summed E-state index contributed by atoms with van der Waals surface area (Å²) in [5.41, 5.74) is -0.390. The second-order valence-corrected chi connectivity index (χ2v) is 11.8. The molecule has 1 saturated carbocycles. The Balaban J connectivity index is 0.000000386. The first kappa shape index (κ1) is 29.7. The summed E-state index contributed by atoms with van der Waals surface area (Å²) in [4.78, 5) is 7.79. The quantitative estimate of drug-likeness (QED) is 0.240. The van der Waals surface area contributed by atoms with Crippen molar-refractivity contribution in [1.82, 2.24) is 9.88 Å². The summed E-state index contributed by atoms with van der Waals surface area (Å²) >= 11 is 0. The van der Waals surface area contributed by atoms with Gasteiger partial charge in [-0.1, -0.05) is 12.8 Å². The molecule has 0 unspecified atom stereocenters. The Morgan fingerprint density at radius 2 is 1.77 bits per heavy atom. The predicted octanol–water partition coefficient (Wildman–Crippen LogP) is 5.91. The number of halogens is 3. The standard InChI is InChI=1S/C26H37N3O2.CHF3O3S/c1-30-23-17-21-22(18-24(23)31-16-8-15-29-13-6-7-14-29)28-25(19-9-2-3-10-19)20-11-4-5-12-27-26(20)21;2-1(3,4)8(5,6)7/h17-19,27H,2-16H2,1H3;(H,5,6,7). The molecule has 218 valence electrons. The van der Waals surface area contributed by atoms with Gasteiger partial charge in [0.1, 0.15) is 0 Å². The fraction of sp³-hybridized carbons (Fsp3) is 0.667. The Labute approximate surface area is 228 Å². The monoisotopic (exact) mass is 573 g/mol. The van der Waals surface area contributed by atoms with Crippen molar-refractivity contribution in [2.75, 3.05) is 45.2 Å². The number of hydrogen-bond donors (Lipinski definition) is 2. The molecule has 2 N–H and O–H groups in total. The van der Waals surface area contributed by atoms with E-state index in [4.69, 9.17) is 27.4 Å². The third kappa shape index (κ3) is 7.46. The minimum Gasteiger partial charge on any atom is -0.493 e. The van der Waals surface area contributed by atoms with Gasteiger partial charge < -0.3 is 19.7 Å². The molecule has 0 atom stereocenters. The van der Waals surface area contributed by atoms with E-state index in [1.807, 2.05) is 0 Å². The first-order valence-corrected chi connectivity index (χ1v) is 15.2. The number of likely N-dealkylation sites (tertiary alicyclic amines) is 1. The summed E-state index contributed by atoms with van der Waals surface area (Å²) in [6.45, 7) is 5.36. The predicted molar refractivity (Wildman–Crippen MR) is 144 cm³/mol. The van der Waals surface area contributed by atoms with Crippen LogP contribution in [-0.2, 0) is 16.5 Å². The zero-order valence-electron chi connectivity index (χ0n) is 22.4. The van der Waals surface area contributed by atoms with E-state index in [-0.39, 0.29) is 0 Å². The van der Waals surface area contributed by atoms with Crippen molar-refractivity contribution in [3.05, 3.63) is 23.4 Å². The van der Waals surface area contributed by atoms with Crippen molar-refractivity contribution >= 4 is 26.7 Å². The van der Waals surface area contributed by atoms with Gasteiger partial charge in [0.25, 0.3) is 0 Å². The van der Waals surface area contributed by atoms with Gasteiger partial charge in [-0.2, -0.15) is 21.6 Å². The van der Waals surface area contributed by atoms with Crippen LogP contribution in [0.15, 0.2) is 12.1 Å². The van der Waals surface area contributed by atoms with Crippen molar-refractivity contribution in [2.45, 2.75) is 75.6 Å². The van der Waals surface area contributed by atoms with Gasteiger partial charge in [0.05, 0.1) is 19.2 Å². The van der Waals surface area contributed by atoms with Crippen LogP contribution in [0.5, 0.6) is 11.5 Å². The highest BCUT2D eigenvalue weighted by Crippen LogP contribution is 2.43. The first-order valence-electron chi connectivity index (χ1n) is 13.8. The van der Waals surface area contributed by atoms with E-state index in [2.05, 4.69) is 22.3 Å². The molecule has 1 saturated heterocycles. The number of ether oxygens (including phenoxy) is 2. The summed E-state index contributed by atoms with van der Waals surface area (Å²) in [5.74, 6) is 2.26. The topological polar surface area (TPSA) is 101 Å². The molecule has 2 fully saturated rings.